The molecule has 0 fully saturated rings. The number of carbonyl (C=O) groups is 1. The molecule has 208 valence electrons. The lowest BCUT2D eigenvalue weighted by Crippen LogP contribution is -2.46. The molecule has 0 saturated heterocycles. The summed E-state index contributed by atoms with van der Waals surface area (Å²) in [6, 6.07) is 18.7. The first-order chi connectivity index (χ1) is 18.7. The lowest BCUT2D eigenvalue weighted by molar-refractivity contribution is 0.00901. The lowest BCUT2D eigenvalue weighted by Gasteiger charge is -2.35. The highest BCUT2D eigenvalue weighted by Gasteiger charge is 2.29. The number of methoxy groups -OCH3 is 1. The fourth-order valence-corrected chi connectivity index (χ4v) is 5.71. The van der Waals surface area contributed by atoms with Gasteiger partial charge in [-0.15, -0.1) is 0 Å². The summed E-state index contributed by atoms with van der Waals surface area (Å²) in [5.41, 5.74) is 1.61. The molecule has 2 heterocycles. The molecule has 1 aromatic heterocycles. The van der Waals surface area contributed by atoms with Crippen LogP contribution in [0, 0.1) is 5.92 Å². The van der Waals surface area contributed by atoms with Gasteiger partial charge < -0.3 is 14.4 Å². The van der Waals surface area contributed by atoms with Crippen LogP contribution in [0.1, 0.15) is 29.9 Å². The van der Waals surface area contributed by atoms with Gasteiger partial charge in [-0.3, -0.25) is 19.4 Å². The maximum Gasteiger partial charge on any atom is 0.261 e. The van der Waals surface area contributed by atoms with Gasteiger partial charge in [-0.25, -0.2) is 8.42 Å². The molecule has 0 radical (unpaired) electrons. The number of hydrogen-bond acceptors (Lipinski definition) is 7. The Morgan fingerprint density at radius 2 is 1.79 bits per heavy atom. The average molecular weight is 553 g/mol. The zero-order valence-electron chi connectivity index (χ0n) is 22.8. The summed E-state index contributed by atoms with van der Waals surface area (Å²) in [5.74, 6) is 0.215. The summed E-state index contributed by atoms with van der Waals surface area (Å²) in [4.78, 5) is 22.0. The molecular formula is C29H36N4O5S. The summed E-state index contributed by atoms with van der Waals surface area (Å²) in [6.45, 7) is 6.21. The number of ether oxygens (including phenoxy) is 2. The van der Waals surface area contributed by atoms with Crippen LogP contribution in [0.2, 0.25) is 0 Å². The number of hydrogen-bond donors (Lipinski definition) is 1. The van der Waals surface area contributed by atoms with Crippen LogP contribution in [0.15, 0.2) is 77.8 Å². The molecular weight excluding hydrogens is 516 g/mol. The van der Waals surface area contributed by atoms with Crippen molar-refractivity contribution in [2.24, 2.45) is 5.92 Å². The standard InChI is InChI=1S/C29H36N4O5S/c1-21-17-33(18-24-10-8-9-15-30-24)22(2)20-38-27-16-23(31-39(35,36)25-11-6-5-7-12-25)13-14-26(27)29(34)32(3)19-28(21)37-4/h5-16,21-22,28,31H,17-20H2,1-4H3/t21-,22-,28-/m0/s1. The Hall–Kier alpha value is -3.47. The third-order valence-electron chi connectivity index (χ3n) is 6.97. The van der Waals surface area contributed by atoms with Gasteiger partial charge in [0.1, 0.15) is 12.4 Å². The van der Waals surface area contributed by atoms with E-state index in [1.54, 1.807) is 61.7 Å². The number of carbonyl (C=O) groups excluding carboxylic acids is 1. The van der Waals surface area contributed by atoms with Gasteiger partial charge in [0.15, 0.2) is 0 Å². The molecule has 0 spiro atoms. The molecule has 1 aliphatic heterocycles. The van der Waals surface area contributed by atoms with Crippen molar-refractivity contribution in [1.29, 1.82) is 0 Å². The number of pyridine rings is 1. The van der Waals surface area contributed by atoms with Crippen molar-refractivity contribution in [3.8, 4) is 5.75 Å². The molecule has 1 N–H and O–H groups in total. The molecule has 10 heteroatoms. The SMILES string of the molecule is CO[C@H]1CN(C)C(=O)c2ccc(NS(=O)(=O)c3ccccc3)cc2OC[C@H](C)N(Cc2ccccn2)C[C@@H]1C. The average Bonchev–Trinajstić information content (AvgIpc) is 2.94. The van der Waals surface area contributed by atoms with Crippen LogP contribution in [0.4, 0.5) is 5.69 Å². The van der Waals surface area contributed by atoms with Crippen molar-refractivity contribution in [2.75, 3.05) is 38.6 Å². The van der Waals surface area contributed by atoms with Gasteiger partial charge in [-0.05, 0) is 49.2 Å². The number of anilines is 1. The second-order valence-electron chi connectivity index (χ2n) is 9.98. The van der Waals surface area contributed by atoms with Gasteiger partial charge in [0, 0.05) is 52.1 Å². The van der Waals surface area contributed by atoms with E-state index in [9.17, 15) is 13.2 Å². The highest BCUT2D eigenvalue weighted by molar-refractivity contribution is 7.92. The van der Waals surface area contributed by atoms with Crippen LogP contribution in [0.3, 0.4) is 0 Å². The van der Waals surface area contributed by atoms with Crippen molar-refractivity contribution >= 4 is 21.6 Å². The Kier molecular flexibility index (Phi) is 9.21. The zero-order chi connectivity index (χ0) is 28.0. The Morgan fingerprint density at radius 1 is 1.05 bits per heavy atom. The third kappa shape index (κ3) is 7.14. The molecule has 3 aromatic rings. The van der Waals surface area contributed by atoms with Gasteiger partial charge >= 0.3 is 0 Å². The number of sulfonamides is 1. The third-order valence-corrected chi connectivity index (χ3v) is 8.37. The summed E-state index contributed by atoms with van der Waals surface area (Å²) < 4.78 is 40.5. The molecule has 3 atom stereocenters. The molecule has 1 amide bonds. The number of likely N-dealkylation sites (N-methyl/N-ethyl adjacent to an activating group) is 1. The topological polar surface area (TPSA) is 101 Å². The van der Waals surface area contributed by atoms with Crippen LogP contribution in [-0.4, -0.2) is 75.1 Å². The lowest BCUT2D eigenvalue weighted by atomic mass is 10.0. The highest BCUT2D eigenvalue weighted by atomic mass is 32.2. The van der Waals surface area contributed by atoms with Crippen LogP contribution >= 0.6 is 0 Å². The van der Waals surface area contributed by atoms with E-state index in [2.05, 4.69) is 28.5 Å². The Morgan fingerprint density at radius 3 is 2.49 bits per heavy atom. The fraction of sp³-hybridized carbons (Fsp3) is 0.379. The van der Waals surface area contributed by atoms with E-state index in [-0.39, 0.29) is 35.5 Å². The first-order valence-electron chi connectivity index (χ1n) is 12.9. The van der Waals surface area contributed by atoms with E-state index in [0.717, 1.165) is 5.69 Å². The van der Waals surface area contributed by atoms with Crippen LogP contribution in [0.25, 0.3) is 0 Å². The predicted octanol–water partition coefficient (Wildman–Crippen LogP) is 3.89. The molecule has 1 aliphatic rings. The van der Waals surface area contributed by atoms with Gasteiger partial charge in [0.05, 0.1) is 27.9 Å². The quantitative estimate of drug-likeness (QED) is 0.495. The fourth-order valence-electron chi connectivity index (χ4n) is 4.64. The molecule has 0 saturated carbocycles. The van der Waals surface area contributed by atoms with Gasteiger partial charge in [-0.1, -0.05) is 31.2 Å². The van der Waals surface area contributed by atoms with E-state index in [4.69, 9.17) is 9.47 Å². The minimum absolute atomic E-state index is 0.0308. The number of aromatic nitrogens is 1. The van der Waals surface area contributed by atoms with Crippen molar-refractivity contribution in [3.63, 3.8) is 0 Å². The predicted molar refractivity (Wildman–Crippen MR) is 150 cm³/mol. The normalized spacial score (nSPS) is 21.3. The van der Waals surface area contributed by atoms with Crippen molar-refractivity contribution < 1.29 is 22.7 Å². The Balaban J connectivity index is 1.66. The first-order valence-corrected chi connectivity index (χ1v) is 14.4. The first kappa shape index (κ1) is 28.5. The van der Waals surface area contributed by atoms with E-state index >= 15 is 0 Å². The second kappa shape index (κ2) is 12.6. The summed E-state index contributed by atoms with van der Waals surface area (Å²) >= 11 is 0. The van der Waals surface area contributed by atoms with Crippen LogP contribution in [0.5, 0.6) is 5.75 Å². The van der Waals surface area contributed by atoms with Crippen molar-refractivity contribution in [1.82, 2.24) is 14.8 Å². The number of amides is 1. The molecule has 2 aromatic carbocycles. The van der Waals surface area contributed by atoms with Crippen molar-refractivity contribution in [2.45, 2.75) is 37.4 Å². The Bertz CT molecular complexity index is 1350. The zero-order valence-corrected chi connectivity index (χ0v) is 23.6. The maximum absolute atomic E-state index is 13.5. The molecule has 0 unspecified atom stereocenters. The number of rotatable bonds is 6. The number of nitrogens with one attached hydrogen (secondary N) is 1. The maximum atomic E-state index is 13.5. The minimum Gasteiger partial charge on any atom is -0.491 e. The molecule has 39 heavy (non-hydrogen) atoms. The van der Waals surface area contributed by atoms with E-state index in [1.807, 2.05) is 18.2 Å². The number of fused-ring (bicyclic) bond motifs is 1. The summed E-state index contributed by atoms with van der Waals surface area (Å²) in [5, 5.41) is 0. The van der Waals surface area contributed by atoms with E-state index in [0.29, 0.717) is 36.6 Å². The van der Waals surface area contributed by atoms with Gasteiger partial charge in [0.2, 0.25) is 0 Å². The molecule has 4 rings (SSSR count). The van der Waals surface area contributed by atoms with Gasteiger partial charge in [0.25, 0.3) is 15.9 Å². The Labute approximate surface area is 230 Å². The summed E-state index contributed by atoms with van der Waals surface area (Å²) in [7, 11) is -0.408. The van der Waals surface area contributed by atoms with Gasteiger partial charge in [-0.2, -0.15) is 0 Å². The smallest absolute Gasteiger partial charge is 0.261 e. The number of benzene rings is 2. The minimum atomic E-state index is -3.81. The molecule has 0 aliphatic carbocycles. The van der Waals surface area contributed by atoms with Crippen LogP contribution < -0.4 is 9.46 Å². The highest BCUT2D eigenvalue weighted by Crippen LogP contribution is 2.28. The monoisotopic (exact) mass is 552 g/mol. The van der Waals surface area contributed by atoms with Crippen molar-refractivity contribution in [3.05, 3.63) is 84.2 Å². The van der Waals surface area contributed by atoms with Crippen LogP contribution in [-0.2, 0) is 21.3 Å². The molecule has 9 nitrogen and oxygen atoms in total. The largest absolute Gasteiger partial charge is 0.491 e. The van der Waals surface area contributed by atoms with E-state index in [1.165, 1.54) is 12.1 Å². The second-order valence-corrected chi connectivity index (χ2v) is 11.7. The molecule has 0 bridgehead atoms. The van der Waals surface area contributed by atoms with E-state index < -0.39 is 10.0 Å². The summed E-state index contributed by atoms with van der Waals surface area (Å²) in [6.07, 6.45) is 1.60. The number of nitrogens with zero attached hydrogens (tertiary/aromatic N) is 3.